The molecule has 14 aromatic rings. The van der Waals surface area contributed by atoms with Gasteiger partial charge in [0.15, 0.2) is 0 Å². The van der Waals surface area contributed by atoms with Gasteiger partial charge in [-0.3, -0.25) is 4.98 Å². The Kier molecular flexibility index (Phi) is 28.7. The van der Waals surface area contributed by atoms with Gasteiger partial charge in [0.2, 0.25) is 0 Å². The van der Waals surface area contributed by atoms with E-state index in [1.807, 2.05) is 250 Å². The van der Waals surface area contributed by atoms with Crippen molar-refractivity contribution in [2.75, 3.05) is 0 Å². The van der Waals surface area contributed by atoms with E-state index in [4.69, 9.17) is 15.1 Å². The molecule has 2 heterocycles. The standard InChI is InChI=1S/2C18H14O.C13H9NO.C12H17N.2C10H12.C6H4ClN.C6H8N.2Mo/c2*19-18-16(14-8-3-1-4-9-14)12-7-13-17(18)15-10-5-2-6-11-15;15-11-5-1-3-9-6-7-10-4-2-8-14-13(10)12(9)11;1-8(2)10-6-5-7-11(9(3)4)12(10)13;2*1-10(2,3)9-7-5-4-6-8-9;7-5-3-1-2-4-6(5)8;1-5-3-4-6(2)7-5;;/h2*1-13,19H;1-8,15H;5-9H,1-4H3;2*1,4-8H,2-3H3;1-4H;3-4H,1-2H3;;/q;;;;;;;-1;;. The van der Waals surface area contributed by atoms with Gasteiger partial charge in [0.05, 0.1) is 5.52 Å². The number of phenols is 3. The minimum atomic E-state index is -0.558. The van der Waals surface area contributed by atoms with Gasteiger partial charge >= 0.3 is 283 Å². The summed E-state index contributed by atoms with van der Waals surface area (Å²) in [5, 5.41) is 34.4. The van der Waals surface area contributed by atoms with Crippen LogP contribution in [-0.2, 0) is 46.7 Å². The monoisotopic (exact) mass is 1540 g/mol. The summed E-state index contributed by atoms with van der Waals surface area (Å²) in [4.78, 5) is 8.42. The summed E-state index contributed by atoms with van der Waals surface area (Å²) in [7, 11) is 0. The van der Waals surface area contributed by atoms with Gasteiger partial charge in [0, 0.05) is 39.2 Å². The third kappa shape index (κ3) is 22.0. The van der Waals surface area contributed by atoms with E-state index in [9.17, 15) is 15.3 Å². The molecule has 3 N–H and O–H groups in total. The molecule has 0 aliphatic heterocycles. The fourth-order valence-electron chi connectivity index (χ4n) is 11.4. The van der Waals surface area contributed by atoms with Crippen LogP contribution in [0.25, 0.3) is 66.2 Å². The normalized spacial score (nSPS) is 10.8. The number of rotatable bonds is 12. The van der Waals surface area contributed by atoms with Gasteiger partial charge in [-0.05, 0) is 39.8 Å². The Labute approximate surface area is 630 Å². The van der Waals surface area contributed by atoms with Crippen molar-refractivity contribution in [3.63, 3.8) is 0 Å². The molecule has 0 aliphatic rings. The van der Waals surface area contributed by atoms with Crippen molar-refractivity contribution in [3.05, 3.63) is 360 Å². The molecular weight excluding hydrogens is 1450 g/mol. The number of aromatic nitrogens is 2. The molecule has 520 valence electrons. The number of phenolic OH excluding ortho intramolecular Hbond substituents is 3. The molecule has 0 atom stereocenters. The fourth-order valence-corrected chi connectivity index (χ4v) is 15.4. The van der Waals surface area contributed by atoms with Gasteiger partial charge in [-0.1, -0.05) is 214 Å². The van der Waals surface area contributed by atoms with Gasteiger partial charge in [-0.25, -0.2) is 0 Å². The van der Waals surface area contributed by atoms with Crippen molar-refractivity contribution in [3.8, 4) is 61.8 Å². The maximum atomic E-state index is 10.5. The Morgan fingerprint density at radius 2 is 0.748 bits per heavy atom. The summed E-state index contributed by atoms with van der Waals surface area (Å²) in [5.74, 6) is 1.98. The molecule has 0 saturated heterocycles. The predicted molar refractivity (Wildman–Crippen MR) is 429 cm³/mol. The summed E-state index contributed by atoms with van der Waals surface area (Å²) in [6.45, 7) is 22.1. The van der Waals surface area contributed by atoms with E-state index in [1.165, 1.54) is 27.9 Å². The van der Waals surface area contributed by atoms with Crippen LogP contribution in [0.1, 0.15) is 101 Å². The Balaban J connectivity index is 0.000000147. The van der Waals surface area contributed by atoms with Crippen LogP contribution in [0.5, 0.6) is 17.2 Å². The Morgan fingerprint density at radius 3 is 1.15 bits per heavy atom. The number of benzene rings is 12. The smallest absolute Gasteiger partial charge is 0.131 e. The van der Waals surface area contributed by atoms with Gasteiger partial charge in [-0.2, -0.15) is 11.4 Å². The molecule has 0 unspecified atom stereocenters. The van der Waals surface area contributed by atoms with Crippen molar-refractivity contribution >= 4 is 53.5 Å². The van der Waals surface area contributed by atoms with E-state index in [-0.39, 0.29) is 16.6 Å². The molecule has 10 heteroatoms. The number of pyridine rings is 1. The van der Waals surface area contributed by atoms with Gasteiger partial charge in [-0.15, -0.1) is 0 Å². The van der Waals surface area contributed by atoms with E-state index < -0.39 is 35.8 Å². The minimum absolute atomic E-state index is 0.0637. The molecule has 0 saturated carbocycles. The third-order valence-electron chi connectivity index (χ3n) is 17.1. The number of para-hydroxylation sites is 2. The van der Waals surface area contributed by atoms with Crippen molar-refractivity contribution < 1.29 is 51.2 Å². The zero-order chi connectivity index (χ0) is 73.1. The molecule has 7 nitrogen and oxygen atoms in total. The maximum Gasteiger partial charge on any atom is 0.131 e. The van der Waals surface area contributed by atoms with Crippen molar-refractivity contribution in [2.24, 2.45) is 6.99 Å². The molecule has 12 aromatic carbocycles. The van der Waals surface area contributed by atoms with Crippen molar-refractivity contribution in [2.45, 2.75) is 91.9 Å². The van der Waals surface area contributed by atoms with E-state index in [0.717, 1.165) is 88.3 Å². The number of halogens is 1. The quantitative estimate of drug-likeness (QED) is 0.0833. The number of fused-ring (bicyclic) bond motifs is 3. The zero-order valence-corrected chi connectivity index (χ0v) is 65.0. The summed E-state index contributed by atoms with van der Waals surface area (Å²) >= 11 is 4.99. The van der Waals surface area contributed by atoms with Crippen LogP contribution in [0.3, 0.4) is 0 Å². The average molecular weight is 1540 g/mol. The second-order valence-electron chi connectivity index (χ2n) is 26.5. The summed E-state index contributed by atoms with van der Waals surface area (Å²) in [6, 6.07) is 105. The molecule has 0 bridgehead atoms. The van der Waals surface area contributed by atoms with Crippen LogP contribution in [0.15, 0.2) is 329 Å². The van der Waals surface area contributed by atoms with Crippen LogP contribution < -0.4 is 4.98 Å². The summed E-state index contributed by atoms with van der Waals surface area (Å²) in [5.41, 5.74) is 18.4. The minimum Gasteiger partial charge on any atom is -0.665 e. The molecule has 0 radical (unpaired) electrons. The second-order valence-corrected chi connectivity index (χ2v) is 30.0. The van der Waals surface area contributed by atoms with Gasteiger partial charge in [0.1, 0.15) is 17.2 Å². The molecule has 0 amide bonds. The number of aromatic hydroxyl groups is 3. The van der Waals surface area contributed by atoms with Crippen LogP contribution in [-0.4, -0.2) is 29.1 Å². The SMILES string of the molecule is CC(C)([CH]=[Mo]=[N]c1ccccc1Cl)c1ccccc1.CC(C)c1cccc(C(C)C)c1[N]=[Mo]=[CH]C(C)(C)c1ccccc1.Cc1ccc(C)[n-]1.Oc1c(-c2ccccc2)cccc1-c1ccccc1.Oc1c(-c2ccccc2)cccc1-c1ccccc1.Oc1cccc2ccc3cccnc3c12. The Hall–Kier alpha value is -10.0. The topological polar surface area (TPSA) is 112 Å². The fraction of sp³-hybridized carbons (Fsp3) is 0.151. The van der Waals surface area contributed by atoms with Crippen molar-refractivity contribution in [1.29, 1.82) is 0 Å². The average Bonchev–Trinajstić information content (AvgIpc) is 1.01. The third-order valence-corrected chi connectivity index (χ3v) is 22.3. The molecule has 0 aliphatic carbocycles. The summed E-state index contributed by atoms with van der Waals surface area (Å²) < 4.78 is 14.6. The number of hydrogen-bond acceptors (Lipinski definition) is 6. The molecule has 14 rings (SSSR count). The van der Waals surface area contributed by atoms with Crippen LogP contribution in [0.4, 0.5) is 11.4 Å². The van der Waals surface area contributed by atoms with Gasteiger partial charge < -0.3 is 20.3 Å². The first-order valence-corrected chi connectivity index (χ1v) is 39.1. The van der Waals surface area contributed by atoms with E-state index in [1.54, 1.807) is 12.3 Å². The molecular formula is C93H90ClMo2N4O3-. The van der Waals surface area contributed by atoms with E-state index >= 15 is 0 Å². The van der Waals surface area contributed by atoms with Crippen LogP contribution in [0, 0.1) is 13.8 Å². The Bertz CT molecular complexity index is 4850. The second kappa shape index (κ2) is 38.3. The zero-order valence-electron chi connectivity index (χ0n) is 60.2. The predicted octanol–water partition coefficient (Wildman–Crippen LogP) is 25.4. The van der Waals surface area contributed by atoms with Gasteiger partial charge in [0.25, 0.3) is 0 Å². The molecule has 103 heavy (non-hydrogen) atoms. The van der Waals surface area contributed by atoms with Crippen LogP contribution in [0.2, 0.25) is 5.02 Å². The van der Waals surface area contributed by atoms with E-state index in [2.05, 4.69) is 150 Å². The van der Waals surface area contributed by atoms with E-state index in [0.29, 0.717) is 23.3 Å². The Morgan fingerprint density at radius 1 is 0.388 bits per heavy atom. The first-order valence-electron chi connectivity index (χ1n) is 34.6. The first kappa shape index (κ1) is 77.2. The summed E-state index contributed by atoms with van der Waals surface area (Å²) in [6.07, 6.45) is 1.74. The number of aryl methyl sites for hydroxylation is 2. The molecule has 0 spiro atoms. The number of nitrogens with zero attached hydrogens (tertiary/aromatic N) is 4. The van der Waals surface area contributed by atoms with Crippen molar-refractivity contribution in [1.82, 2.24) is 9.97 Å². The van der Waals surface area contributed by atoms with Crippen LogP contribution >= 0.6 is 11.6 Å². The maximum absolute atomic E-state index is 10.5. The first-order chi connectivity index (χ1) is 49.8. The molecule has 0 fully saturated rings. The number of hydrogen-bond donors (Lipinski definition) is 3. The molecule has 2 aromatic heterocycles. The largest absolute Gasteiger partial charge is 0.665 e.